The second-order valence-electron chi connectivity index (χ2n) is 7.94. The Morgan fingerprint density at radius 1 is 1.16 bits per heavy atom. The van der Waals surface area contributed by atoms with Gasteiger partial charge in [-0.15, -0.1) is 0 Å². The highest BCUT2D eigenvalue weighted by molar-refractivity contribution is 6.10. The van der Waals surface area contributed by atoms with Gasteiger partial charge in [-0.25, -0.2) is 0 Å². The van der Waals surface area contributed by atoms with E-state index in [0.717, 1.165) is 48.7 Å². The van der Waals surface area contributed by atoms with Crippen LogP contribution in [-0.4, -0.2) is 27.8 Å². The molecule has 4 nitrogen and oxygen atoms in total. The van der Waals surface area contributed by atoms with Crippen molar-refractivity contribution in [2.75, 3.05) is 6.61 Å². The maximum absolute atomic E-state index is 12.7. The summed E-state index contributed by atoms with van der Waals surface area (Å²) >= 11 is 0. The number of benzene rings is 1. The van der Waals surface area contributed by atoms with E-state index >= 15 is 0 Å². The van der Waals surface area contributed by atoms with Gasteiger partial charge in [0.2, 0.25) is 0 Å². The van der Waals surface area contributed by atoms with Gasteiger partial charge in [0.15, 0.2) is 11.6 Å². The van der Waals surface area contributed by atoms with E-state index in [4.69, 9.17) is 5.11 Å². The summed E-state index contributed by atoms with van der Waals surface area (Å²) in [4.78, 5) is 23.9. The highest BCUT2D eigenvalue weighted by atomic mass is 16.3. The minimum absolute atomic E-state index is 0.00372. The maximum Gasteiger partial charge on any atom is 0.165 e. The number of fused-ring (bicyclic) bond motifs is 3. The third-order valence-corrected chi connectivity index (χ3v) is 5.16. The summed E-state index contributed by atoms with van der Waals surface area (Å²) in [7, 11) is 0. The summed E-state index contributed by atoms with van der Waals surface area (Å²) in [6.45, 7) is 4.84. The number of hydrogen-bond acceptors (Lipinski definition) is 3. The molecule has 0 fully saturated rings. The quantitative estimate of drug-likeness (QED) is 0.777. The van der Waals surface area contributed by atoms with Crippen molar-refractivity contribution in [3.63, 3.8) is 0 Å². The number of aliphatic hydroxyl groups is 1. The van der Waals surface area contributed by atoms with Crippen molar-refractivity contribution >= 4 is 22.5 Å². The van der Waals surface area contributed by atoms with E-state index in [1.165, 1.54) is 5.69 Å². The Kier molecular flexibility index (Phi) is 5.09. The molecular weight excluding hydrogens is 314 g/mol. The van der Waals surface area contributed by atoms with Crippen molar-refractivity contribution in [2.45, 2.75) is 58.9 Å². The average molecular weight is 341 g/mol. The molecule has 0 bridgehead atoms. The number of ketones is 2. The van der Waals surface area contributed by atoms with Gasteiger partial charge >= 0.3 is 0 Å². The van der Waals surface area contributed by atoms with Gasteiger partial charge in [-0.05, 0) is 30.7 Å². The molecule has 4 heteroatoms. The number of Topliss-reactive ketones (excluding diaryl/α,β-unsaturated/α-hetero) is 2. The number of aryl methyl sites for hydroxylation is 1. The lowest BCUT2D eigenvalue weighted by Crippen LogP contribution is -2.28. The third kappa shape index (κ3) is 3.69. The summed E-state index contributed by atoms with van der Waals surface area (Å²) in [6.07, 6.45) is 4.71. The molecule has 1 heterocycles. The number of aromatic nitrogens is 1. The molecular formula is C21H27NO3. The van der Waals surface area contributed by atoms with Crippen LogP contribution in [0.5, 0.6) is 0 Å². The molecule has 1 aromatic heterocycles. The van der Waals surface area contributed by atoms with Gasteiger partial charge < -0.3 is 9.67 Å². The van der Waals surface area contributed by atoms with Gasteiger partial charge in [0, 0.05) is 41.5 Å². The molecule has 0 saturated heterocycles. The van der Waals surface area contributed by atoms with Crippen molar-refractivity contribution in [3.8, 4) is 0 Å². The summed E-state index contributed by atoms with van der Waals surface area (Å²) in [6, 6.07) is 8.18. The van der Waals surface area contributed by atoms with Crippen LogP contribution in [0.25, 0.3) is 10.9 Å². The van der Waals surface area contributed by atoms with Crippen molar-refractivity contribution < 1.29 is 14.7 Å². The maximum atomic E-state index is 12.7. The Labute approximate surface area is 148 Å². The van der Waals surface area contributed by atoms with E-state index in [2.05, 4.69) is 30.5 Å². The predicted molar refractivity (Wildman–Crippen MR) is 98.9 cm³/mol. The second kappa shape index (κ2) is 7.12. The summed E-state index contributed by atoms with van der Waals surface area (Å²) in [5, 5.41) is 9.86. The zero-order chi connectivity index (χ0) is 18.0. The SMILES string of the molecule is CC1(C)CC(=O)c2c(n(CCCCCC(=O)CO)c3ccccc23)C1. The number of carbonyl (C=O) groups excluding carboxylic acids is 2. The lowest BCUT2D eigenvalue weighted by molar-refractivity contribution is -0.121. The van der Waals surface area contributed by atoms with Gasteiger partial charge in [-0.1, -0.05) is 38.5 Å². The molecule has 2 aromatic rings. The lowest BCUT2D eigenvalue weighted by Gasteiger charge is -2.29. The van der Waals surface area contributed by atoms with E-state index in [9.17, 15) is 9.59 Å². The van der Waals surface area contributed by atoms with Crippen LogP contribution in [0.3, 0.4) is 0 Å². The zero-order valence-electron chi connectivity index (χ0n) is 15.2. The first kappa shape index (κ1) is 17.9. The molecule has 0 aliphatic heterocycles. The number of para-hydroxylation sites is 1. The topological polar surface area (TPSA) is 59.3 Å². The minimum Gasteiger partial charge on any atom is -0.389 e. The van der Waals surface area contributed by atoms with Gasteiger partial charge in [-0.2, -0.15) is 0 Å². The third-order valence-electron chi connectivity index (χ3n) is 5.16. The van der Waals surface area contributed by atoms with E-state index in [1.807, 2.05) is 12.1 Å². The van der Waals surface area contributed by atoms with Crippen LogP contribution < -0.4 is 0 Å². The molecule has 0 amide bonds. The number of aliphatic hydroxyl groups excluding tert-OH is 1. The molecule has 0 unspecified atom stereocenters. The Balaban J connectivity index is 1.83. The molecule has 0 atom stereocenters. The fraction of sp³-hybridized carbons (Fsp3) is 0.524. The molecule has 0 saturated carbocycles. The van der Waals surface area contributed by atoms with Gasteiger partial charge in [0.05, 0.1) is 0 Å². The molecule has 0 radical (unpaired) electrons. The smallest absolute Gasteiger partial charge is 0.165 e. The molecule has 1 aromatic carbocycles. The highest BCUT2D eigenvalue weighted by Crippen LogP contribution is 2.39. The van der Waals surface area contributed by atoms with E-state index in [-0.39, 0.29) is 23.6 Å². The first-order chi connectivity index (χ1) is 11.9. The van der Waals surface area contributed by atoms with Crippen LogP contribution in [0.2, 0.25) is 0 Å². The Morgan fingerprint density at radius 2 is 1.92 bits per heavy atom. The zero-order valence-corrected chi connectivity index (χ0v) is 15.2. The van der Waals surface area contributed by atoms with Gasteiger partial charge in [0.1, 0.15) is 6.61 Å². The lowest BCUT2D eigenvalue weighted by atomic mass is 9.75. The minimum atomic E-state index is -0.354. The predicted octanol–water partition coefficient (Wildman–Crippen LogP) is 3.92. The Hall–Kier alpha value is -1.94. The second-order valence-corrected chi connectivity index (χ2v) is 7.94. The number of rotatable bonds is 7. The fourth-order valence-corrected chi connectivity index (χ4v) is 3.99. The van der Waals surface area contributed by atoms with Gasteiger partial charge in [-0.3, -0.25) is 9.59 Å². The van der Waals surface area contributed by atoms with Crippen molar-refractivity contribution in [1.29, 1.82) is 0 Å². The van der Waals surface area contributed by atoms with Crippen LogP contribution in [0, 0.1) is 5.41 Å². The first-order valence-electron chi connectivity index (χ1n) is 9.19. The highest BCUT2D eigenvalue weighted by Gasteiger charge is 2.35. The van der Waals surface area contributed by atoms with Crippen molar-refractivity contribution in [3.05, 3.63) is 35.5 Å². The largest absolute Gasteiger partial charge is 0.389 e. The normalized spacial score (nSPS) is 16.2. The summed E-state index contributed by atoms with van der Waals surface area (Å²) in [5.74, 6) is 0.172. The standard InChI is InChI=1S/C21H27NO3/c1-21(2)12-18-20(19(25)13-21)16-9-5-6-10-17(16)22(18)11-7-3-4-8-15(24)14-23/h5-6,9-10,23H,3-4,7-8,11-14H2,1-2H3. The number of unbranched alkanes of at least 4 members (excludes halogenated alkanes) is 2. The molecule has 0 spiro atoms. The number of nitrogens with zero attached hydrogens (tertiary/aromatic N) is 1. The molecule has 1 aliphatic carbocycles. The Morgan fingerprint density at radius 3 is 2.68 bits per heavy atom. The van der Waals surface area contributed by atoms with E-state index in [1.54, 1.807) is 0 Å². The fourth-order valence-electron chi connectivity index (χ4n) is 3.99. The van der Waals surface area contributed by atoms with Crippen LogP contribution in [-0.2, 0) is 17.8 Å². The van der Waals surface area contributed by atoms with Gasteiger partial charge in [0.25, 0.3) is 0 Å². The molecule has 3 rings (SSSR count). The molecule has 134 valence electrons. The van der Waals surface area contributed by atoms with Crippen LogP contribution >= 0.6 is 0 Å². The molecule has 1 aliphatic rings. The molecule has 25 heavy (non-hydrogen) atoms. The van der Waals surface area contributed by atoms with Crippen LogP contribution in [0.15, 0.2) is 24.3 Å². The summed E-state index contributed by atoms with van der Waals surface area (Å²) < 4.78 is 2.32. The average Bonchev–Trinajstić information content (AvgIpc) is 2.87. The van der Waals surface area contributed by atoms with Crippen molar-refractivity contribution in [1.82, 2.24) is 4.57 Å². The molecule has 1 N–H and O–H groups in total. The Bertz CT molecular complexity index is 801. The number of hydrogen-bond donors (Lipinski definition) is 1. The van der Waals surface area contributed by atoms with Crippen LogP contribution in [0.1, 0.15) is 62.0 Å². The van der Waals surface area contributed by atoms with Crippen LogP contribution in [0.4, 0.5) is 0 Å². The first-order valence-corrected chi connectivity index (χ1v) is 9.19. The van der Waals surface area contributed by atoms with Crippen molar-refractivity contribution in [2.24, 2.45) is 5.41 Å². The number of carbonyl (C=O) groups is 2. The van der Waals surface area contributed by atoms with E-state index in [0.29, 0.717) is 12.8 Å². The summed E-state index contributed by atoms with van der Waals surface area (Å²) in [5.41, 5.74) is 3.24. The monoisotopic (exact) mass is 341 g/mol. The van der Waals surface area contributed by atoms with E-state index < -0.39 is 0 Å².